The number of carbonyl (C=O) groups is 1. The zero-order valence-corrected chi connectivity index (χ0v) is 16.5. The number of methoxy groups -OCH3 is 1. The number of anilines is 3. The third-order valence-electron chi connectivity index (χ3n) is 5.22. The van der Waals surface area contributed by atoms with Crippen LogP contribution in [0.5, 0.6) is 5.75 Å². The van der Waals surface area contributed by atoms with E-state index >= 15 is 0 Å². The maximum Gasteiger partial charge on any atom is 0.231 e. The maximum absolute atomic E-state index is 12.9. The first-order valence-corrected chi connectivity index (χ1v) is 9.45. The van der Waals surface area contributed by atoms with Crippen LogP contribution in [0.2, 0.25) is 0 Å². The van der Waals surface area contributed by atoms with Crippen molar-refractivity contribution in [2.75, 3.05) is 31.0 Å². The lowest BCUT2D eigenvalue weighted by Crippen LogP contribution is -2.31. The van der Waals surface area contributed by atoms with Crippen LogP contribution in [0.1, 0.15) is 12.0 Å². The molecule has 0 aliphatic carbocycles. The van der Waals surface area contributed by atoms with E-state index in [1.807, 2.05) is 49.3 Å². The van der Waals surface area contributed by atoms with E-state index < -0.39 is 0 Å². The first kappa shape index (κ1) is 18.1. The Morgan fingerprint density at radius 2 is 1.64 bits per heavy atom. The van der Waals surface area contributed by atoms with Crippen LogP contribution < -0.4 is 14.5 Å². The molecule has 4 rings (SSSR count). The number of carbonyl (C=O) groups excluding carboxylic acids is 1. The summed E-state index contributed by atoms with van der Waals surface area (Å²) in [6, 6.07) is 22.4. The maximum atomic E-state index is 12.9. The van der Waals surface area contributed by atoms with E-state index in [0.717, 1.165) is 29.2 Å². The molecular formula is C24H24N2O2. The van der Waals surface area contributed by atoms with Crippen LogP contribution in [0, 0.1) is 0 Å². The number of fused-ring (bicyclic) bond motifs is 1. The van der Waals surface area contributed by atoms with Crippen LogP contribution in [0.15, 0.2) is 66.7 Å². The van der Waals surface area contributed by atoms with Crippen LogP contribution in [-0.4, -0.2) is 27.1 Å². The molecule has 0 saturated carbocycles. The van der Waals surface area contributed by atoms with Gasteiger partial charge in [0.05, 0.1) is 12.8 Å². The lowest BCUT2D eigenvalue weighted by molar-refractivity contribution is -0.118. The fourth-order valence-corrected chi connectivity index (χ4v) is 3.73. The SMILES string of the molecule is COc1ccc(N2C(=O)CCc3c(-c4ccccc4)cc(N(C)C)cc32)cc1. The molecule has 3 aromatic carbocycles. The van der Waals surface area contributed by atoms with Crippen molar-refractivity contribution in [3.63, 3.8) is 0 Å². The third-order valence-corrected chi connectivity index (χ3v) is 5.22. The standard InChI is InChI=1S/C24H24N2O2/c1-25(2)19-15-22(17-7-5-4-6-8-17)21-13-14-24(27)26(23(21)16-19)18-9-11-20(28-3)12-10-18/h4-12,15-16H,13-14H2,1-3H3. The Bertz CT molecular complexity index is 995. The Hall–Kier alpha value is -3.27. The molecule has 0 bridgehead atoms. The molecule has 1 aliphatic rings. The molecule has 0 spiro atoms. The van der Waals surface area contributed by atoms with Gasteiger partial charge in [0.15, 0.2) is 0 Å². The summed E-state index contributed by atoms with van der Waals surface area (Å²) in [5.41, 5.74) is 6.48. The van der Waals surface area contributed by atoms with Gasteiger partial charge in [0, 0.05) is 31.9 Å². The molecule has 0 fully saturated rings. The summed E-state index contributed by atoms with van der Waals surface area (Å²) in [4.78, 5) is 16.8. The fourth-order valence-electron chi connectivity index (χ4n) is 3.73. The molecule has 1 heterocycles. The molecule has 142 valence electrons. The van der Waals surface area contributed by atoms with E-state index in [-0.39, 0.29) is 5.91 Å². The minimum Gasteiger partial charge on any atom is -0.497 e. The summed E-state index contributed by atoms with van der Waals surface area (Å²) in [5.74, 6) is 0.896. The van der Waals surface area contributed by atoms with Crippen molar-refractivity contribution < 1.29 is 9.53 Å². The van der Waals surface area contributed by atoms with Gasteiger partial charge in [0.2, 0.25) is 5.91 Å². The summed E-state index contributed by atoms with van der Waals surface area (Å²) in [6.45, 7) is 0. The molecule has 0 N–H and O–H groups in total. The average Bonchev–Trinajstić information content (AvgIpc) is 2.73. The number of benzene rings is 3. The highest BCUT2D eigenvalue weighted by Crippen LogP contribution is 2.42. The number of hydrogen-bond donors (Lipinski definition) is 0. The largest absolute Gasteiger partial charge is 0.497 e. The predicted molar refractivity (Wildman–Crippen MR) is 115 cm³/mol. The van der Waals surface area contributed by atoms with Crippen molar-refractivity contribution in [1.29, 1.82) is 0 Å². The van der Waals surface area contributed by atoms with Crippen LogP contribution in [-0.2, 0) is 11.2 Å². The lowest BCUT2D eigenvalue weighted by Gasteiger charge is -2.32. The van der Waals surface area contributed by atoms with Crippen LogP contribution in [0.3, 0.4) is 0 Å². The number of rotatable bonds is 4. The minimum atomic E-state index is 0.118. The van der Waals surface area contributed by atoms with E-state index in [1.165, 1.54) is 16.7 Å². The summed E-state index contributed by atoms with van der Waals surface area (Å²) in [7, 11) is 5.70. The highest BCUT2D eigenvalue weighted by Gasteiger charge is 2.28. The normalized spacial score (nSPS) is 13.2. The van der Waals surface area contributed by atoms with Crippen molar-refractivity contribution in [3.05, 3.63) is 72.3 Å². The van der Waals surface area contributed by atoms with Gasteiger partial charge in [-0.15, -0.1) is 0 Å². The Kier molecular flexibility index (Phi) is 4.78. The fraction of sp³-hybridized carbons (Fsp3) is 0.208. The predicted octanol–water partition coefficient (Wildman–Crippen LogP) is 5.04. The Balaban J connectivity index is 1.91. The van der Waals surface area contributed by atoms with Crippen molar-refractivity contribution in [2.45, 2.75) is 12.8 Å². The van der Waals surface area contributed by atoms with Crippen LogP contribution in [0.4, 0.5) is 17.1 Å². The molecule has 0 aromatic heterocycles. The van der Waals surface area contributed by atoms with E-state index in [2.05, 4.69) is 41.3 Å². The van der Waals surface area contributed by atoms with Crippen molar-refractivity contribution in [2.24, 2.45) is 0 Å². The second-order valence-electron chi connectivity index (χ2n) is 7.18. The summed E-state index contributed by atoms with van der Waals surface area (Å²) in [5, 5.41) is 0. The monoisotopic (exact) mass is 372 g/mol. The first-order chi connectivity index (χ1) is 13.6. The first-order valence-electron chi connectivity index (χ1n) is 9.45. The van der Waals surface area contributed by atoms with E-state index in [4.69, 9.17) is 4.74 Å². The van der Waals surface area contributed by atoms with Gasteiger partial charge in [-0.1, -0.05) is 30.3 Å². The van der Waals surface area contributed by atoms with Gasteiger partial charge >= 0.3 is 0 Å². The molecule has 3 aromatic rings. The molecule has 4 heteroatoms. The molecule has 28 heavy (non-hydrogen) atoms. The van der Waals surface area contributed by atoms with E-state index in [1.54, 1.807) is 7.11 Å². The van der Waals surface area contributed by atoms with Crippen molar-refractivity contribution in [3.8, 4) is 16.9 Å². The number of hydrogen-bond acceptors (Lipinski definition) is 3. The quantitative estimate of drug-likeness (QED) is 0.643. The van der Waals surface area contributed by atoms with Gasteiger partial charge in [-0.05, 0) is 59.5 Å². The van der Waals surface area contributed by atoms with Gasteiger partial charge in [0.25, 0.3) is 0 Å². The van der Waals surface area contributed by atoms with Gasteiger partial charge < -0.3 is 9.64 Å². The number of nitrogens with zero attached hydrogens (tertiary/aromatic N) is 2. The van der Waals surface area contributed by atoms with Crippen LogP contribution >= 0.6 is 0 Å². The van der Waals surface area contributed by atoms with E-state index in [0.29, 0.717) is 6.42 Å². The molecule has 0 unspecified atom stereocenters. The second kappa shape index (κ2) is 7.39. The zero-order valence-electron chi connectivity index (χ0n) is 16.5. The smallest absolute Gasteiger partial charge is 0.231 e. The summed E-state index contributed by atoms with van der Waals surface area (Å²) in [6.07, 6.45) is 1.25. The summed E-state index contributed by atoms with van der Waals surface area (Å²) >= 11 is 0. The Morgan fingerprint density at radius 1 is 0.929 bits per heavy atom. The molecule has 1 amide bonds. The summed E-state index contributed by atoms with van der Waals surface area (Å²) < 4.78 is 5.27. The Labute approximate surface area is 166 Å². The van der Waals surface area contributed by atoms with Crippen molar-refractivity contribution in [1.82, 2.24) is 0 Å². The van der Waals surface area contributed by atoms with Gasteiger partial charge in [0.1, 0.15) is 5.75 Å². The molecule has 0 atom stereocenters. The molecule has 1 aliphatic heterocycles. The molecule has 4 nitrogen and oxygen atoms in total. The highest BCUT2D eigenvalue weighted by atomic mass is 16.5. The average molecular weight is 372 g/mol. The Morgan fingerprint density at radius 3 is 2.29 bits per heavy atom. The lowest BCUT2D eigenvalue weighted by atomic mass is 9.90. The second-order valence-corrected chi connectivity index (χ2v) is 7.18. The molecule has 0 radical (unpaired) electrons. The van der Waals surface area contributed by atoms with Gasteiger partial charge in [-0.3, -0.25) is 9.69 Å². The van der Waals surface area contributed by atoms with Gasteiger partial charge in [-0.2, -0.15) is 0 Å². The zero-order chi connectivity index (χ0) is 19.7. The number of amides is 1. The van der Waals surface area contributed by atoms with Gasteiger partial charge in [-0.25, -0.2) is 0 Å². The van der Waals surface area contributed by atoms with Crippen LogP contribution in [0.25, 0.3) is 11.1 Å². The third kappa shape index (κ3) is 3.22. The molecular weight excluding hydrogens is 348 g/mol. The minimum absolute atomic E-state index is 0.118. The topological polar surface area (TPSA) is 32.8 Å². The number of ether oxygens (including phenoxy) is 1. The van der Waals surface area contributed by atoms with E-state index in [9.17, 15) is 4.79 Å². The molecule has 0 saturated heterocycles. The van der Waals surface area contributed by atoms with Crippen molar-refractivity contribution >= 4 is 23.0 Å². The highest BCUT2D eigenvalue weighted by molar-refractivity contribution is 6.05.